The average Bonchev–Trinajstić information content (AvgIpc) is 3.39. The lowest BCUT2D eigenvalue weighted by atomic mass is 9.97. The van der Waals surface area contributed by atoms with E-state index < -0.39 is 0 Å². The van der Waals surface area contributed by atoms with E-state index in [1.54, 1.807) is 35.3 Å². The van der Waals surface area contributed by atoms with Gasteiger partial charge in [0.15, 0.2) is 5.16 Å². The number of furan rings is 1. The maximum Gasteiger partial charge on any atom is 0.263 e. The summed E-state index contributed by atoms with van der Waals surface area (Å²) in [6.45, 7) is 2.70. The number of fused-ring (bicyclic) bond motifs is 3. The molecule has 0 saturated heterocycles. The van der Waals surface area contributed by atoms with Gasteiger partial charge in [-0.25, -0.2) is 4.98 Å². The van der Waals surface area contributed by atoms with E-state index in [4.69, 9.17) is 14.1 Å². The zero-order chi connectivity index (χ0) is 21.1. The van der Waals surface area contributed by atoms with Crippen LogP contribution in [0.1, 0.15) is 42.0 Å². The number of hydrogen-bond donors (Lipinski definition) is 1. The quantitative estimate of drug-likeness (QED) is 0.420. The maximum atomic E-state index is 13.3. The van der Waals surface area contributed by atoms with E-state index in [1.165, 1.54) is 22.2 Å². The highest BCUT2D eigenvalue weighted by atomic mass is 32.2. The highest BCUT2D eigenvalue weighted by Crippen LogP contribution is 2.34. The van der Waals surface area contributed by atoms with Crippen molar-refractivity contribution < 1.29 is 13.9 Å². The maximum absolute atomic E-state index is 13.3. The van der Waals surface area contributed by atoms with Gasteiger partial charge in [-0.3, -0.25) is 14.2 Å². The Labute approximate surface area is 182 Å². The van der Waals surface area contributed by atoms with E-state index in [1.807, 2.05) is 13.0 Å². The molecule has 160 valence electrons. The summed E-state index contributed by atoms with van der Waals surface area (Å²) in [5.41, 5.74) is 1.15. The molecule has 1 N–H and O–H groups in total. The molecule has 1 aliphatic carbocycles. The van der Waals surface area contributed by atoms with E-state index in [9.17, 15) is 9.59 Å². The number of thiophene rings is 1. The Morgan fingerprint density at radius 1 is 1.43 bits per heavy atom. The minimum atomic E-state index is -0.219. The van der Waals surface area contributed by atoms with Crippen LogP contribution in [0.3, 0.4) is 0 Å². The lowest BCUT2D eigenvalue weighted by Crippen LogP contribution is -2.29. The zero-order valence-electron chi connectivity index (χ0n) is 17.1. The van der Waals surface area contributed by atoms with Gasteiger partial charge in [-0.15, -0.1) is 11.3 Å². The summed E-state index contributed by atoms with van der Waals surface area (Å²) >= 11 is 2.90. The second kappa shape index (κ2) is 9.36. The van der Waals surface area contributed by atoms with Crippen LogP contribution in [0.5, 0.6) is 0 Å². The van der Waals surface area contributed by atoms with E-state index in [0.717, 1.165) is 35.9 Å². The fraction of sp³-hybridized carbons (Fsp3) is 0.476. The number of methoxy groups -OCH3 is 1. The molecule has 1 unspecified atom stereocenters. The summed E-state index contributed by atoms with van der Waals surface area (Å²) < 4.78 is 12.2. The van der Waals surface area contributed by atoms with Crippen LogP contribution in [-0.2, 0) is 28.9 Å². The van der Waals surface area contributed by atoms with Crippen LogP contribution in [-0.4, -0.2) is 34.9 Å². The number of carbonyl (C=O) groups excluding carboxylic acids is 1. The molecule has 3 heterocycles. The molecule has 3 aromatic heterocycles. The van der Waals surface area contributed by atoms with E-state index in [0.29, 0.717) is 24.1 Å². The first-order valence-corrected chi connectivity index (χ1v) is 11.9. The molecule has 0 bridgehead atoms. The normalized spacial score (nSPS) is 14.6. The minimum Gasteiger partial charge on any atom is -0.467 e. The number of carbonyl (C=O) groups is 1. The van der Waals surface area contributed by atoms with Gasteiger partial charge in [-0.2, -0.15) is 0 Å². The van der Waals surface area contributed by atoms with Crippen molar-refractivity contribution in [3.63, 3.8) is 0 Å². The first-order chi connectivity index (χ1) is 14.6. The van der Waals surface area contributed by atoms with Crippen molar-refractivity contribution in [1.29, 1.82) is 0 Å². The van der Waals surface area contributed by atoms with Crippen LogP contribution in [0.15, 0.2) is 32.8 Å². The highest BCUT2D eigenvalue weighted by Gasteiger charge is 2.22. The lowest BCUT2D eigenvalue weighted by molar-refractivity contribution is -0.119. The lowest BCUT2D eigenvalue weighted by Gasteiger charge is -2.14. The topological polar surface area (TPSA) is 86.4 Å². The molecule has 4 rings (SSSR count). The number of nitrogens with zero attached hydrogens (tertiary/aromatic N) is 2. The number of aryl methyl sites for hydroxylation is 2. The molecule has 1 atom stereocenters. The van der Waals surface area contributed by atoms with Crippen molar-refractivity contribution >= 4 is 39.2 Å². The molecule has 7 nitrogen and oxygen atoms in total. The van der Waals surface area contributed by atoms with Crippen molar-refractivity contribution in [1.82, 2.24) is 14.9 Å². The minimum absolute atomic E-state index is 0.0247. The Hall–Kier alpha value is -2.10. The van der Waals surface area contributed by atoms with E-state index in [-0.39, 0.29) is 23.3 Å². The van der Waals surface area contributed by atoms with Gasteiger partial charge in [-0.1, -0.05) is 11.8 Å². The number of rotatable bonds is 8. The third-order valence-electron chi connectivity index (χ3n) is 5.24. The van der Waals surface area contributed by atoms with Gasteiger partial charge in [0.2, 0.25) is 5.91 Å². The van der Waals surface area contributed by atoms with Crippen LogP contribution in [0, 0.1) is 0 Å². The van der Waals surface area contributed by atoms with E-state index >= 15 is 0 Å². The first kappa shape index (κ1) is 21.1. The largest absolute Gasteiger partial charge is 0.467 e. The Kier molecular flexibility index (Phi) is 6.60. The summed E-state index contributed by atoms with van der Waals surface area (Å²) in [6, 6.07) is 3.40. The van der Waals surface area contributed by atoms with Gasteiger partial charge in [0, 0.05) is 12.0 Å². The number of hydrogen-bond acceptors (Lipinski definition) is 7. The molecule has 1 aliphatic rings. The van der Waals surface area contributed by atoms with Crippen LogP contribution in [0.2, 0.25) is 0 Å². The molecule has 0 aromatic carbocycles. The molecule has 0 fully saturated rings. The molecular weight excluding hydrogens is 422 g/mol. The Bertz CT molecular complexity index is 1090. The van der Waals surface area contributed by atoms with Crippen LogP contribution in [0.4, 0.5) is 0 Å². The molecule has 0 aliphatic heterocycles. The van der Waals surface area contributed by atoms with Gasteiger partial charge < -0.3 is 14.5 Å². The van der Waals surface area contributed by atoms with Crippen LogP contribution in [0.25, 0.3) is 10.2 Å². The molecule has 3 aromatic rings. The van der Waals surface area contributed by atoms with Gasteiger partial charge >= 0.3 is 0 Å². The average molecular weight is 448 g/mol. The fourth-order valence-corrected chi connectivity index (χ4v) is 5.87. The highest BCUT2D eigenvalue weighted by molar-refractivity contribution is 7.99. The van der Waals surface area contributed by atoms with Gasteiger partial charge in [0.25, 0.3) is 5.56 Å². The van der Waals surface area contributed by atoms with Gasteiger partial charge in [-0.05, 0) is 50.3 Å². The summed E-state index contributed by atoms with van der Waals surface area (Å²) in [6.07, 6.45) is 5.81. The Balaban J connectivity index is 1.57. The zero-order valence-corrected chi connectivity index (χ0v) is 18.7. The Morgan fingerprint density at radius 2 is 2.27 bits per heavy atom. The number of thioether (sulfide) groups is 1. The number of ether oxygens (including phenoxy) is 1. The monoisotopic (exact) mass is 447 g/mol. The number of aromatic nitrogens is 2. The second-order valence-electron chi connectivity index (χ2n) is 7.33. The molecule has 1 amide bonds. The number of nitrogens with one attached hydrogen (secondary N) is 1. The molecule has 0 radical (unpaired) electrons. The number of amides is 1. The predicted octanol–water partition coefficient (Wildman–Crippen LogP) is 3.55. The summed E-state index contributed by atoms with van der Waals surface area (Å²) in [4.78, 5) is 32.6. The van der Waals surface area contributed by atoms with Crippen molar-refractivity contribution in [2.24, 2.45) is 0 Å². The van der Waals surface area contributed by atoms with Crippen LogP contribution < -0.4 is 10.9 Å². The van der Waals surface area contributed by atoms with Crippen molar-refractivity contribution in [3.8, 4) is 0 Å². The summed E-state index contributed by atoms with van der Waals surface area (Å²) in [7, 11) is 1.61. The molecule has 0 saturated carbocycles. The molecule has 9 heteroatoms. The molecular formula is C21H25N3O4S2. The summed E-state index contributed by atoms with van der Waals surface area (Å²) in [5, 5.41) is 4.23. The first-order valence-electron chi connectivity index (χ1n) is 10.1. The van der Waals surface area contributed by atoms with Crippen LogP contribution >= 0.6 is 23.1 Å². The SMILES string of the molecule is COCCn1c(SCC(=O)NC(C)c2ccco2)nc2sc3c(c2c1=O)CCCC3. The third-order valence-corrected chi connectivity index (χ3v) is 7.40. The smallest absolute Gasteiger partial charge is 0.263 e. The standard InChI is InChI=1S/C21H25N3O4S2/c1-13(15-7-5-10-28-15)22-17(25)12-29-21-23-19-18(20(26)24(21)9-11-27-2)14-6-3-4-8-16(14)30-19/h5,7,10,13H,3-4,6,8-9,11-12H2,1-2H3,(H,22,25). The summed E-state index contributed by atoms with van der Waals surface area (Å²) in [5.74, 6) is 0.734. The predicted molar refractivity (Wildman–Crippen MR) is 118 cm³/mol. The Morgan fingerprint density at radius 3 is 3.03 bits per heavy atom. The molecule has 30 heavy (non-hydrogen) atoms. The van der Waals surface area contributed by atoms with Gasteiger partial charge in [0.05, 0.1) is 36.6 Å². The van der Waals surface area contributed by atoms with E-state index in [2.05, 4.69) is 5.32 Å². The molecule has 0 spiro atoms. The van der Waals surface area contributed by atoms with Crippen molar-refractivity contribution in [2.45, 2.75) is 50.4 Å². The van der Waals surface area contributed by atoms with Crippen molar-refractivity contribution in [2.75, 3.05) is 19.5 Å². The third kappa shape index (κ3) is 4.33. The van der Waals surface area contributed by atoms with Gasteiger partial charge in [0.1, 0.15) is 10.6 Å². The second-order valence-corrected chi connectivity index (χ2v) is 9.35. The fourth-order valence-electron chi connectivity index (χ4n) is 3.73. The van der Waals surface area contributed by atoms with Crippen molar-refractivity contribution in [3.05, 3.63) is 45.0 Å².